The molecule has 4 nitrogen and oxygen atoms in total. The Morgan fingerprint density at radius 2 is 1.60 bits per heavy atom. The molecule has 0 bridgehead atoms. The summed E-state index contributed by atoms with van der Waals surface area (Å²) in [6, 6.07) is 13.5. The normalized spacial score (nSPS) is 18.9. The second kappa shape index (κ2) is 9.04. The number of benzene rings is 1. The van der Waals surface area contributed by atoms with Crippen LogP contribution in [0.25, 0.3) is 0 Å². The van der Waals surface area contributed by atoms with E-state index in [9.17, 15) is 0 Å². The van der Waals surface area contributed by atoms with Gasteiger partial charge in [-0.2, -0.15) is 5.10 Å². The van der Waals surface area contributed by atoms with E-state index in [-0.39, 0.29) is 0 Å². The van der Waals surface area contributed by atoms with Crippen molar-refractivity contribution in [3.05, 3.63) is 48.2 Å². The topological polar surface area (TPSA) is 24.3 Å². The highest BCUT2D eigenvalue weighted by atomic mass is 15.3. The van der Waals surface area contributed by atoms with Crippen LogP contribution in [0.4, 0.5) is 5.82 Å². The van der Waals surface area contributed by atoms with E-state index in [1.807, 2.05) is 13.8 Å². The summed E-state index contributed by atoms with van der Waals surface area (Å²) in [5.41, 5.74) is 1.30. The van der Waals surface area contributed by atoms with E-state index < -0.39 is 0 Å². The van der Waals surface area contributed by atoms with Crippen molar-refractivity contribution in [2.45, 2.75) is 52.1 Å². The third-order valence-corrected chi connectivity index (χ3v) is 5.26. The van der Waals surface area contributed by atoms with Gasteiger partial charge in [0.2, 0.25) is 0 Å². The van der Waals surface area contributed by atoms with Crippen LogP contribution in [-0.2, 0) is 6.54 Å². The largest absolute Gasteiger partial charge is 0.355 e. The highest BCUT2D eigenvalue weighted by Crippen LogP contribution is 2.24. The Morgan fingerprint density at radius 1 is 0.920 bits per heavy atom. The Kier molecular flexibility index (Phi) is 6.51. The van der Waals surface area contributed by atoms with Crippen molar-refractivity contribution < 1.29 is 0 Å². The molecule has 0 spiro atoms. The summed E-state index contributed by atoms with van der Waals surface area (Å²) in [5, 5.41) is 4.78. The monoisotopic (exact) mass is 340 g/mol. The van der Waals surface area contributed by atoms with Crippen LogP contribution in [0.5, 0.6) is 0 Å². The van der Waals surface area contributed by atoms with E-state index in [2.05, 4.69) is 57.1 Å². The summed E-state index contributed by atoms with van der Waals surface area (Å²) in [5.74, 6) is 1.14. The molecule has 2 aliphatic rings. The van der Waals surface area contributed by atoms with Gasteiger partial charge in [0.1, 0.15) is 0 Å². The zero-order valence-corrected chi connectivity index (χ0v) is 15.8. The molecule has 2 saturated heterocycles. The summed E-state index contributed by atoms with van der Waals surface area (Å²) in [4.78, 5) is 5.15. The first-order valence-electron chi connectivity index (χ1n) is 9.95. The van der Waals surface area contributed by atoms with Gasteiger partial charge in [0.05, 0.1) is 6.54 Å². The lowest BCUT2D eigenvalue weighted by Gasteiger charge is -2.36. The molecule has 1 aromatic heterocycles. The number of aromatic nitrogens is 2. The summed E-state index contributed by atoms with van der Waals surface area (Å²) in [6.07, 6.45) is 7.46. The van der Waals surface area contributed by atoms with Gasteiger partial charge in [0, 0.05) is 31.4 Å². The molecule has 0 unspecified atom stereocenters. The van der Waals surface area contributed by atoms with E-state index in [0.717, 1.165) is 31.5 Å². The fraction of sp³-hybridized carbons (Fsp3) is 0.571. The molecule has 0 amide bonds. The molecule has 2 aliphatic heterocycles. The summed E-state index contributed by atoms with van der Waals surface area (Å²) in [6.45, 7) is 9.77. The minimum atomic E-state index is 0.806. The molecule has 2 aromatic rings. The standard InChI is InChI=1S/C19H26N4.C2H6/c1-2-6-17(7-3-1)16-23-15-10-19(20-23)22-13-8-18(9-14-22)21-11-4-5-12-21;1-2/h1-3,6-7,10,15,18H,4-5,8-9,11-14,16H2;1-2H3. The maximum absolute atomic E-state index is 4.78. The number of likely N-dealkylation sites (tertiary alicyclic amines) is 1. The lowest BCUT2D eigenvalue weighted by Crippen LogP contribution is -2.44. The molecule has 0 radical (unpaired) electrons. The van der Waals surface area contributed by atoms with Crippen molar-refractivity contribution in [1.82, 2.24) is 14.7 Å². The van der Waals surface area contributed by atoms with Crippen LogP contribution in [0.3, 0.4) is 0 Å². The predicted molar refractivity (Wildman–Crippen MR) is 105 cm³/mol. The van der Waals surface area contributed by atoms with E-state index >= 15 is 0 Å². The Labute approximate surface area is 152 Å². The second-order valence-electron chi connectivity index (χ2n) is 6.82. The van der Waals surface area contributed by atoms with Crippen molar-refractivity contribution >= 4 is 5.82 Å². The van der Waals surface area contributed by atoms with Crippen LogP contribution in [-0.4, -0.2) is 46.9 Å². The van der Waals surface area contributed by atoms with E-state index in [4.69, 9.17) is 5.10 Å². The van der Waals surface area contributed by atoms with E-state index in [1.54, 1.807) is 0 Å². The summed E-state index contributed by atoms with van der Waals surface area (Å²) < 4.78 is 2.05. The Bertz CT molecular complexity index is 608. The molecule has 0 N–H and O–H groups in total. The zero-order valence-electron chi connectivity index (χ0n) is 15.8. The zero-order chi connectivity index (χ0) is 17.5. The van der Waals surface area contributed by atoms with Crippen LogP contribution in [0, 0.1) is 0 Å². The van der Waals surface area contributed by atoms with E-state index in [1.165, 1.54) is 44.3 Å². The van der Waals surface area contributed by atoms with Gasteiger partial charge in [-0.1, -0.05) is 44.2 Å². The minimum absolute atomic E-state index is 0.806. The predicted octanol–water partition coefficient (Wildman–Crippen LogP) is 4.02. The Balaban J connectivity index is 0.000000880. The van der Waals surface area contributed by atoms with Crippen LogP contribution >= 0.6 is 0 Å². The smallest absolute Gasteiger partial charge is 0.150 e. The molecule has 1 aromatic carbocycles. The van der Waals surface area contributed by atoms with Crippen molar-refractivity contribution in [1.29, 1.82) is 0 Å². The van der Waals surface area contributed by atoms with Gasteiger partial charge in [0.25, 0.3) is 0 Å². The number of hydrogen-bond donors (Lipinski definition) is 0. The highest BCUT2D eigenvalue weighted by Gasteiger charge is 2.27. The van der Waals surface area contributed by atoms with Crippen LogP contribution in [0.1, 0.15) is 45.1 Å². The number of anilines is 1. The van der Waals surface area contributed by atoms with Gasteiger partial charge in [0.15, 0.2) is 5.82 Å². The molecule has 4 heteroatoms. The van der Waals surface area contributed by atoms with Gasteiger partial charge in [-0.3, -0.25) is 4.68 Å². The number of piperidine rings is 1. The summed E-state index contributed by atoms with van der Waals surface area (Å²) >= 11 is 0. The van der Waals surface area contributed by atoms with Gasteiger partial charge in [-0.25, -0.2) is 0 Å². The lowest BCUT2D eigenvalue weighted by molar-refractivity contribution is 0.207. The molecule has 2 fully saturated rings. The molecule has 25 heavy (non-hydrogen) atoms. The average Bonchev–Trinajstić information content (AvgIpc) is 3.37. The molecular weight excluding hydrogens is 308 g/mol. The maximum atomic E-state index is 4.78. The quantitative estimate of drug-likeness (QED) is 0.840. The number of nitrogens with zero attached hydrogens (tertiary/aromatic N) is 4. The molecule has 3 heterocycles. The van der Waals surface area contributed by atoms with Crippen molar-refractivity contribution in [2.75, 3.05) is 31.1 Å². The lowest BCUT2D eigenvalue weighted by atomic mass is 10.0. The third-order valence-electron chi connectivity index (χ3n) is 5.26. The number of hydrogen-bond acceptors (Lipinski definition) is 3. The maximum Gasteiger partial charge on any atom is 0.150 e. The van der Waals surface area contributed by atoms with Gasteiger partial charge in [-0.05, 0) is 44.3 Å². The van der Waals surface area contributed by atoms with Gasteiger partial charge < -0.3 is 9.80 Å². The fourth-order valence-electron chi connectivity index (χ4n) is 3.95. The van der Waals surface area contributed by atoms with Crippen molar-refractivity contribution in [2.24, 2.45) is 0 Å². The molecule has 0 atom stereocenters. The average molecular weight is 341 g/mol. The van der Waals surface area contributed by atoms with Gasteiger partial charge in [-0.15, -0.1) is 0 Å². The molecule has 0 aliphatic carbocycles. The molecule has 4 rings (SSSR count). The Morgan fingerprint density at radius 3 is 2.28 bits per heavy atom. The van der Waals surface area contributed by atoms with Crippen molar-refractivity contribution in [3.8, 4) is 0 Å². The SMILES string of the molecule is CC.c1ccc(Cn2ccc(N3CCC(N4CCCC4)CC3)n2)cc1. The minimum Gasteiger partial charge on any atom is -0.355 e. The van der Waals surface area contributed by atoms with Crippen LogP contribution < -0.4 is 4.90 Å². The van der Waals surface area contributed by atoms with Gasteiger partial charge >= 0.3 is 0 Å². The first-order valence-corrected chi connectivity index (χ1v) is 9.95. The molecule has 0 saturated carbocycles. The van der Waals surface area contributed by atoms with Crippen molar-refractivity contribution in [3.63, 3.8) is 0 Å². The van der Waals surface area contributed by atoms with Crippen LogP contribution in [0.2, 0.25) is 0 Å². The summed E-state index contributed by atoms with van der Waals surface area (Å²) in [7, 11) is 0. The fourth-order valence-corrected chi connectivity index (χ4v) is 3.95. The third kappa shape index (κ3) is 4.63. The first-order chi connectivity index (χ1) is 12.4. The Hall–Kier alpha value is -1.81. The molecular formula is C21H32N4. The highest BCUT2D eigenvalue weighted by molar-refractivity contribution is 5.37. The molecule has 136 valence electrons. The first kappa shape index (κ1) is 18.0. The van der Waals surface area contributed by atoms with Crippen LogP contribution in [0.15, 0.2) is 42.6 Å². The second-order valence-corrected chi connectivity index (χ2v) is 6.82. The van der Waals surface area contributed by atoms with E-state index in [0.29, 0.717) is 0 Å². The number of rotatable bonds is 4.